The zero-order valence-electron chi connectivity index (χ0n) is 28.4. The summed E-state index contributed by atoms with van der Waals surface area (Å²) in [4.78, 5) is 74.3. The molecule has 0 atom stereocenters. The van der Waals surface area contributed by atoms with Crippen molar-refractivity contribution in [3.8, 4) is 0 Å². The summed E-state index contributed by atoms with van der Waals surface area (Å²) in [7, 11) is 3.16. The number of H-pyrrole nitrogens is 2. The Bertz CT molecular complexity index is 2020. The number of fused-ring (bicyclic) bond motifs is 4. The highest BCUT2D eigenvalue weighted by molar-refractivity contribution is 6.38. The van der Waals surface area contributed by atoms with Gasteiger partial charge in [-0.1, -0.05) is 36.4 Å². The third kappa shape index (κ3) is 4.65. The maximum Gasteiger partial charge on any atom is 0.277 e. The van der Waals surface area contributed by atoms with Crippen LogP contribution in [0.25, 0.3) is 33.0 Å². The summed E-state index contributed by atoms with van der Waals surface area (Å²) in [6.07, 6.45) is 1.91. The molecular formula is C38H40N8O4. The quantitative estimate of drug-likeness (QED) is 0.274. The Kier molecular flexibility index (Phi) is 7.22. The van der Waals surface area contributed by atoms with Gasteiger partial charge in [0.25, 0.3) is 23.6 Å². The third-order valence-corrected chi connectivity index (χ3v) is 11.2. The number of para-hydroxylation sites is 2. The molecule has 4 aromatic rings. The van der Waals surface area contributed by atoms with Gasteiger partial charge in [0.15, 0.2) is 0 Å². The van der Waals surface area contributed by atoms with Crippen LogP contribution < -0.4 is 0 Å². The third-order valence-electron chi connectivity index (χ3n) is 11.2. The first-order valence-electron chi connectivity index (χ1n) is 17.6. The Morgan fingerprint density at radius 3 is 1.34 bits per heavy atom. The summed E-state index contributed by atoms with van der Waals surface area (Å²) in [6.45, 7) is 6.41. The first-order valence-corrected chi connectivity index (χ1v) is 17.6. The van der Waals surface area contributed by atoms with E-state index in [9.17, 15) is 19.2 Å². The van der Waals surface area contributed by atoms with Gasteiger partial charge in [0, 0.05) is 111 Å². The number of benzene rings is 2. The standard InChI is InChI=1S/C38H40N8O4/c1-41-35(47)31-29-23-8-3-5-10-25(23)39-27(29)12-7-13-28-30(24-9-4-6-11-26(24)40-28)32-34(38(50)42(2)36(32)48)46-20-16-44(17-21-46)22-43-14-18-45(19-15-43)33(31)37(41)49/h3-6,8-11,39-40H,7,12-22H2,1-2H3. The van der Waals surface area contributed by atoms with Gasteiger partial charge in [-0.2, -0.15) is 0 Å². The average molecular weight is 673 g/mol. The number of nitrogens with one attached hydrogen (secondary N) is 2. The second-order valence-electron chi connectivity index (χ2n) is 14.0. The van der Waals surface area contributed by atoms with Crippen LogP contribution in [0.2, 0.25) is 0 Å². The van der Waals surface area contributed by atoms with E-state index >= 15 is 0 Å². The van der Waals surface area contributed by atoms with Crippen molar-refractivity contribution in [2.75, 3.05) is 73.1 Å². The van der Waals surface area contributed by atoms with E-state index in [4.69, 9.17) is 0 Å². The molecule has 4 bridgehead atoms. The van der Waals surface area contributed by atoms with Gasteiger partial charge in [-0.15, -0.1) is 0 Å². The second-order valence-corrected chi connectivity index (χ2v) is 14.0. The molecule has 50 heavy (non-hydrogen) atoms. The van der Waals surface area contributed by atoms with E-state index in [0.29, 0.717) is 68.0 Å². The van der Waals surface area contributed by atoms with Crippen molar-refractivity contribution in [1.82, 2.24) is 39.4 Å². The van der Waals surface area contributed by atoms with Gasteiger partial charge >= 0.3 is 0 Å². The number of nitrogens with zero attached hydrogens (tertiary/aromatic N) is 6. The zero-order chi connectivity index (χ0) is 34.3. The molecule has 0 unspecified atom stereocenters. The minimum atomic E-state index is -0.274. The fourth-order valence-corrected chi connectivity index (χ4v) is 8.58. The predicted molar refractivity (Wildman–Crippen MR) is 189 cm³/mol. The van der Waals surface area contributed by atoms with Crippen LogP contribution in [0.15, 0.2) is 59.9 Å². The number of aromatic amines is 2. The van der Waals surface area contributed by atoms with Gasteiger partial charge in [0.1, 0.15) is 11.4 Å². The summed E-state index contributed by atoms with van der Waals surface area (Å²) in [5, 5.41) is 1.84. The molecule has 2 N–H and O–H groups in total. The van der Waals surface area contributed by atoms with E-state index in [2.05, 4.69) is 29.6 Å². The number of aryl methyl sites for hydroxylation is 2. The molecule has 0 aliphatic carbocycles. The molecule has 0 radical (unpaired) electrons. The number of carbonyl (C=O) groups excluding carboxylic acids is 4. The Morgan fingerprint density at radius 1 is 0.520 bits per heavy atom. The Hall–Kier alpha value is -5.20. The summed E-state index contributed by atoms with van der Waals surface area (Å²) in [5.74, 6) is -1.05. The van der Waals surface area contributed by atoms with Crippen LogP contribution in [0.3, 0.4) is 0 Å². The maximum atomic E-state index is 14.0. The molecule has 12 heteroatoms. The van der Waals surface area contributed by atoms with E-state index in [1.165, 1.54) is 9.80 Å². The lowest BCUT2D eigenvalue weighted by Crippen LogP contribution is -2.54. The van der Waals surface area contributed by atoms with Crippen LogP contribution in [0.4, 0.5) is 0 Å². The maximum absolute atomic E-state index is 14.0. The molecule has 11 rings (SSSR count). The van der Waals surface area contributed by atoms with Gasteiger partial charge in [0.05, 0.1) is 17.8 Å². The molecule has 2 aromatic heterocycles. The number of imide groups is 2. The molecule has 2 aromatic carbocycles. The van der Waals surface area contributed by atoms with Crippen molar-refractivity contribution in [3.63, 3.8) is 0 Å². The number of rotatable bonds is 0. The van der Waals surface area contributed by atoms with Crippen molar-refractivity contribution >= 4 is 56.6 Å². The van der Waals surface area contributed by atoms with Crippen molar-refractivity contribution in [2.24, 2.45) is 0 Å². The van der Waals surface area contributed by atoms with E-state index in [-0.39, 0.29) is 23.6 Å². The van der Waals surface area contributed by atoms with Crippen LogP contribution in [-0.4, -0.2) is 136 Å². The number of aromatic nitrogens is 2. The minimum absolute atomic E-state index is 0.250. The van der Waals surface area contributed by atoms with Crippen LogP contribution in [0.1, 0.15) is 28.9 Å². The monoisotopic (exact) mass is 672 g/mol. The highest BCUT2D eigenvalue weighted by Crippen LogP contribution is 2.40. The van der Waals surface area contributed by atoms with Crippen LogP contribution in [0.5, 0.6) is 0 Å². The number of piperazine rings is 2. The summed E-state index contributed by atoms with van der Waals surface area (Å²) < 4.78 is 0. The Morgan fingerprint density at radius 2 is 0.920 bits per heavy atom. The van der Waals surface area contributed by atoms with Crippen LogP contribution >= 0.6 is 0 Å². The van der Waals surface area contributed by atoms with E-state index < -0.39 is 0 Å². The van der Waals surface area contributed by atoms with E-state index in [1.54, 1.807) is 14.1 Å². The molecular weight excluding hydrogens is 632 g/mol. The summed E-state index contributed by atoms with van der Waals surface area (Å²) >= 11 is 0. The molecule has 2 saturated heterocycles. The lowest BCUT2D eigenvalue weighted by Gasteiger charge is -2.41. The smallest absolute Gasteiger partial charge is 0.277 e. The fraction of sp³-hybridized carbons (Fsp3) is 0.368. The molecule has 4 amide bonds. The van der Waals surface area contributed by atoms with Gasteiger partial charge < -0.3 is 19.8 Å². The molecule has 256 valence electrons. The fourth-order valence-electron chi connectivity index (χ4n) is 8.58. The average Bonchev–Trinajstić information content (AvgIpc) is 3.81. The lowest BCUT2D eigenvalue weighted by molar-refractivity contribution is -0.137. The number of hydrogen-bond donors (Lipinski definition) is 2. The normalized spacial score (nSPS) is 23.5. The lowest BCUT2D eigenvalue weighted by atomic mass is 9.95. The van der Waals surface area contributed by atoms with Crippen LogP contribution in [0, 0.1) is 0 Å². The largest absolute Gasteiger partial charge is 0.364 e. The van der Waals surface area contributed by atoms with Crippen molar-refractivity contribution in [3.05, 3.63) is 82.4 Å². The highest BCUT2D eigenvalue weighted by atomic mass is 16.2. The number of amides is 4. The molecule has 0 spiro atoms. The van der Waals surface area contributed by atoms with Crippen LogP contribution in [-0.2, 0) is 32.0 Å². The number of carbonyl (C=O) groups is 4. The van der Waals surface area contributed by atoms with Gasteiger partial charge in [-0.3, -0.25) is 38.8 Å². The predicted octanol–water partition coefficient (Wildman–Crippen LogP) is 2.45. The van der Waals surface area contributed by atoms with Crippen molar-refractivity contribution < 1.29 is 19.2 Å². The topological polar surface area (TPSA) is 119 Å². The number of likely N-dealkylation sites (N-methyl/N-ethyl adjacent to an activating group) is 2. The van der Waals surface area contributed by atoms with Gasteiger partial charge in [0.2, 0.25) is 0 Å². The Balaban J connectivity index is 1.20. The molecule has 0 saturated carbocycles. The van der Waals surface area contributed by atoms with Gasteiger partial charge in [-0.05, 0) is 31.4 Å². The first kappa shape index (κ1) is 30.8. The minimum Gasteiger partial charge on any atom is -0.364 e. The molecule has 12 nitrogen and oxygen atoms in total. The summed E-state index contributed by atoms with van der Waals surface area (Å²) in [6, 6.07) is 15.9. The van der Waals surface area contributed by atoms with Gasteiger partial charge in [-0.25, -0.2) is 0 Å². The SMILES string of the molecule is CN1C(=O)C2=C(C1=O)N1CCN(CC1)CN1CCN(CC1)C1=C(C(=O)N(C)C1=O)c1c([nH]c3ccccc13)CCCc1[nH]c3ccccc3c12. The molecule has 9 heterocycles. The molecule has 7 aliphatic heterocycles. The molecule has 7 aliphatic rings. The van der Waals surface area contributed by atoms with Crippen molar-refractivity contribution in [2.45, 2.75) is 19.3 Å². The highest BCUT2D eigenvalue weighted by Gasteiger charge is 2.44. The molecule has 2 fully saturated rings. The van der Waals surface area contributed by atoms with E-state index in [1.807, 2.05) is 48.5 Å². The Labute approximate surface area is 289 Å². The number of hydrogen-bond acceptors (Lipinski definition) is 8. The zero-order valence-corrected chi connectivity index (χ0v) is 28.4. The summed E-state index contributed by atoms with van der Waals surface area (Å²) in [5.41, 5.74) is 7.19. The first-order chi connectivity index (χ1) is 24.3. The van der Waals surface area contributed by atoms with E-state index in [0.717, 1.165) is 77.2 Å². The second kappa shape index (κ2) is 11.7. The van der Waals surface area contributed by atoms with Crippen molar-refractivity contribution in [1.29, 1.82) is 0 Å².